The zero-order valence-corrected chi connectivity index (χ0v) is 12.0. The SMILES string of the molecule is CCN(C)CCN(CC)CCN(CC)CC. The van der Waals surface area contributed by atoms with Crippen molar-refractivity contribution in [1.29, 1.82) is 0 Å². The molecular formula is C13H31N3. The van der Waals surface area contributed by atoms with Crippen LogP contribution in [0.2, 0.25) is 0 Å². The van der Waals surface area contributed by atoms with Gasteiger partial charge in [0.05, 0.1) is 0 Å². The van der Waals surface area contributed by atoms with E-state index in [1.807, 2.05) is 0 Å². The van der Waals surface area contributed by atoms with E-state index in [1.165, 1.54) is 45.8 Å². The Bertz CT molecular complexity index is 146. The molecule has 0 rings (SSSR count). The number of hydrogen-bond acceptors (Lipinski definition) is 3. The lowest BCUT2D eigenvalue weighted by Gasteiger charge is -2.26. The first-order chi connectivity index (χ1) is 7.67. The summed E-state index contributed by atoms with van der Waals surface area (Å²) in [5, 5.41) is 0. The number of hydrogen-bond donors (Lipinski definition) is 0. The molecule has 16 heavy (non-hydrogen) atoms. The lowest BCUT2D eigenvalue weighted by atomic mass is 10.4. The second-order valence-corrected chi connectivity index (χ2v) is 4.36. The average Bonchev–Trinajstić information content (AvgIpc) is 2.33. The zero-order chi connectivity index (χ0) is 12.4. The second kappa shape index (κ2) is 10.1. The van der Waals surface area contributed by atoms with Crippen LogP contribution in [0.1, 0.15) is 27.7 Å². The van der Waals surface area contributed by atoms with E-state index in [1.54, 1.807) is 0 Å². The molecule has 0 unspecified atom stereocenters. The minimum absolute atomic E-state index is 1.15. The topological polar surface area (TPSA) is 9.72 Å². The van der Waals surface area contributed by atoms with Crippen LogP contribution in [0.4, 0.5) is 0 Å². The van der Waals surface area contributed by atoms with Gasteiger partial charge in [0.25, 0.3) is 0 Å². The van der Waals surface area contributed by atoms with Gasteiger partial charge in [-0.25, -0.2) is 0 Å². The highest BCUT2D eigenvalue weighted by Gasteiger charge is 2.05. The van der Waals surface area contributed by atoms with Crippen LogP contribution in [0.3, 0.4) is 0 Å². The number of nitrogens with zero attached hydrogens (tertiary/aromatic N) is 3. The van der Waals surface area contributed by atoms with Gasteiger partial charge in [-0.3, -0.25) is 0 Å². The Labute approximate surface area is 102 Å². The Morgan fingerprint density at radius 1 is 0.562 bits per heavy atom. The Hall–Kier alpha value is -0.120. The van der Waals surface area contributed by atoms with Crippen LogP contribution in [-0.4, -0.2) is 74.1 Å². The summed E-state index contributed by atoms with van der Waals surface area (Å²) in [5.74, 6) is 0. The maximum atomic E-state index is 2.55. The van der Waals surface area contributed by atoms with Crippen LogP contribution in [0.15, 0.2) is 0 Å². The van der Waals surface area contributed by atoms with Crippen LogP contribution in [0, 0.1) is 0 Å². The lowest BCUT2D eigenvalue weighted by Crippen LogP contribution is -2.38. The predicted octanol–water partition coefficient (Wildman–Crippen LogP) is 1.60. The Kier molecular flexibility index (Phi) is 9.99. The van der Waals surface area contributed by atoms with E-state index in [0.717, 1.165) is 6.54 Å². The third kappa shape index (κ3) is 7.20. The molecule has 0 aromatic carbocycles. The van der Waals surface area contributed by atoms with Gasteiger partial charge in [-0.1, -0.05) is 27.7 Å². The molecule has 0 aliphatic heterocycles. The number of rotatable bonds is 10. The molecule has 0 atom stereocenters. The summed E-state index contributed by atoms with van der Waals surface area (Å²) >= 11 is 0. The largest absolute Gasteiger partial charge is 0.305 e. The third-order valence-corrected chi connectivity index (χ3v) is 3.41. The van der Waals surface area contributed by atoms with Crippen LogP contribution < -0.4 is 0 Å². The highest BCUT2D eigenvalue weighted by Crippen LogP contribution is 1.93. The van der Waals surface area contributed by atoms with Gasteiger partial charge in [0.1, 0.15) is 0 Å². The first-order valence-corrected chi connectivity index (χ1v) is 6.81. The van der Waals surface area contributed by atoms with Crippen molar-refractivity contribution in [2.75, 3.05) is 59.4 Å². The van der Waals surface area contributed by atoms with Gasteiger partial charge < -0.3 is 14.7 Å². The Balaban J connectivity index is 3.73. The van der Waals surface area contributed by atoms with Gasteiger partial charge in [-0.05, 0) is 33.2 Å². The zero-order valence-electron chi connectivity index (χ0n) is 12.0. The van der Waals surface area contributed by atoms with Gasteiger partial charge in [-0.15, -0.1) is 0 Å². The summed E-state index contributed by atoms with van der Waals surface area (Å²) in [4.78, 5) is 7.41. The molecule has 0 bridgehead atoms. The maximum Gasteiger partial charge on any atom is 0.0110 e. The summed E-state index contributed by atoms with van der Waals surface area (Å²) in [6.45, 7) is 18.4. The highest BCUT2D eigenvalue weighted by atomic mass is 15.2. The van der Waals surface area contributed by atoms with E-state index in [4.69, 9.17) is 0 Å². The monoisotopic (exact) mass is 229 g/mol. The van der Waals surface area contributed by atoms with Crippen LogP contribution in [0.25, 0.3) is 0 Å². The molecule has 0 amide bonds. The van der Waals surface area contributed by atoms with E-state index in [-0.39, 0.29) is 0 Å². The van der Waals surface area contributed by atoms with Crippen molar-refractivity contribution in [3.63, 3.8) is 0 Å². The fourth-order valence-corrected chi connectivity index (χ4v) is 1.72. The fraction of sp³-hybridized carbons (Fsp3) is 1.00. The number of likely N-dealkylation sites (N-methyl/N-ethyl adjacent to an activating group) is 3. The molecule has 0 fully saturated rings. The van der Waals surface area contributed by atoms with Crippen molar-refractivity contribution in [2.24, 2.45) is 0 Å². The molecule has 0 aromatic heterocycles. The maximum absolute atomic E-state index is 2.55. The molecule has 0 saturated heterocycles. The van der Waals surface area contributed by atoms with Gasteiger partial charge in [0.2, 0.25) is 0 Å². The lowest BCUT2D eigenvalue weighted by molar-refractivity contribution is 0.200. The van der Waals surface area contributed by atoms with Crippen molar-refractivity contribution < 1.29 is 0 Å². The first kappa shape index (κ1) is 15.9. The third-order valence-electron chi connectivity index (χ3n) is 3.41. The molecule has 3 nitrogen and oxygen atoms in total. The van der Waals surface area contributed by atoms with Crippen molar-refractivity contribution in [1.82, 2.24) is 14.7 Å². The molecule has 0 aliphatic rings. The highest BCUT2D eigenvalue weighted by molar-refractivity contribution is 4.62. The van der Waals surface area contributed by atoms with Crippen molar-refractivity contribution in [3.8, 4) is 0 Å². The molecule has 0 saturated carbocycles. The van der Waals surface area contributed by atoms with Gasteiger partial charge in [-0.2, -0.15) is 0 Å². The minimum Gasteiger partial charge on any atom is -0.305 e. The second-order valence-electron chi connectivity index (χ2n) is 4.36. The van der Waals surface area contributed by atoms with Gasteiger partial charge in [0.15, 0.2) is 0 Å². The summed E-state index contributed by atoms with van der Waals surface area (Å²) in [6, 6.07) is 0. The van der Waals surface area contributed by atoms with Crippen molar-refractivity contribution >= 4 is 0 Å². The summed E-state index contributed by atoms with van der Waals surface area (Å²) in [7, 11) is 2.19. The molecule has 98 valence electrons. The van der Waals surface area contributed by atoms with Gasteiger partial charge in [0, 0.05) is 26.2 Å². The van der Waals surface area contributed by atoms with E-state index < -0.39 is 0 Å². The summed E-state index contributed by atoms with van der Waals surface area (Å²) < 4.78 is 0. The fourth-order valence-electron chi connectivity index (χ4n) is 1.72. The quantitative estimate of drug-likeness (QED) is 0.563. The molecule has 0 heterocycles. The van der Waals surface area contributed by atoms with Gasteiger partial charge >= 0.3 is 0 Å². The van der Waals surface area contributed by atoms with Crippen molar-refractivity contribution in [2.45, 2.75) is 27.7 Å². The molecule has 3 heteroatoms. The van der Waals surface area contributed by atoms with Crippen LogP contribution in [-0.2, 0) is 0 Å². The van der Waals surface area contributed by atoms with Crippen LogP contribution >= 0.6 is 0 Å². The molecular weight excluding hydrogens is 198 g/mol. The van der Waals surface area contributed by atoms with E-state index >= 15 is 0 Å². The average molecular weight is 229 g/mol. The van der Waals surface area contributed by atoms with E-state index in [2.05, 4.69) is 49.4 Å². The summed E-state index contributed by atoms with van der Waals surface area (Å²) in [6.07, 6.45) is 0. The molecule has 0 radical (unpaired) electrons. The van der Waals surface area contributed by atoms with Crippen molar-refractivity contribution in [3.05, 3.63) is 0 Å². The summed E-state index contributed by atoms with van der Waals surface area (Å²) in [5.41, 5.74) is 0. The molecule has 0 aromatic rings. The smallest absolute Gasteiger partial charge is 0.0110 e. The molecule has 0 N–H and O–H groups in total. The Morgan fingerprint density at radius 3 is 1.44 bits per heavy atom. The first-order valence-electron chi connectivity index (χ1n) is 6.81. The van der Waals surface area contributed by atoms with E-state index in [9.17, 15) is 0 Å². The molecule has 0 aliphatic carbocycles. The predicted molar refractivity (Wildman–Crippen MR) is 73.1 cm³/mol. The standard InChI is InChI=1S/C13H31N3/c1-6-14(5)10-11-16(9-4)13-12-15(7-2)8-3/h6-13H2,1-5H3. The van der Waals surface area contributed by atoms with E-state index in [0.29, 0.717) is 0 Å². The van der Waals surface area contributed by atoms with Crippen LogP contribution in [0.5, 0.6) is 0 Å². The normalized spacial score (nSPS) is 12.0. The minimum atomic E-state index is 1.15. The Morgan fingerprint density at radius 2 is 1.00 bits per heavy atom. The molecule has 0 spiro atoms.